The highest BCUT2D eigenvalue weighted by Crippen LogP contribution is 2.41. The van der Waals surface area contributed by atoms with Gasteiger partial charge < -0.3 is 5.32 Å². The fourth-order valence-electron chi connectivity index (χ4n) is 1.84. The molecular formula is C13H18N4S2. The number of nitrogens with one attached hydrogen (secondary N) is 1. The number of nitrogens with zero attached hydrogens (tertiary/aromatic N) is 3. The van der Waals surface area contributed by atoms with Crippen molar-refractivity contribution in [2.75, 3.05) is 5.32 Å². The predicted molar refractivity (Wildman–Crippen MR) is 79.9 cm³/mol. The van der Waals surface area contributed by atoms with Gasteiger partial charge in [-0.25, -0.2) is 4.98 Å². The molecule has 2 aromatic rings. The van der Waals surface area contributed by atoms with Crippen molar-refractivity contribution in [2.24, 2.45) is 0 Å². The molecule has 1 N–H and O–H groups in total. The van der Waals surface area contributed by atoms with Crippen LogP contribution in [0.25, 0.3) is 0 Å². The Kier molecular flexibility index (Phi) is 4.08. The Morgan fingerprint density at radius 2 is 2.21 bits per heavy atom. The molecule has 1 saturated carbocycles. The van der Waals surface area contributed by atoms with Crippen LogP contribution in [0.4, 0.5) is 5.13 Å². The van der Waals surface area contributed by atoms with Gasteiger partial charge in [-0.05, 0) is 19.3 Å². The Hall–Kier alpha value is -1.01. The molecule has 0 aliphatic heterocycles. The van der Waals surface area contributed by atoms with Crippen molar-refractivity contribution in [3.63, 3.8) is 0 Å². The molecule has 0 unspecified atom stereocenters. The Morgan fingerprint density at radius 3 is 3.00 bits per heavy atom. The average Bonchev–Trinajstić information content (AvgIpc) is 3.01. The number of hydrogen-bond donors (Lipinski definition) is 1. The lowest BCUT2D eigenvalue weighted by Gasteiger charge is -1.97. The predicted octanol–water partition coefficient (Wildman–Crippen LogP) is 3.83. The van der Waals surface area contributed by atoms with Crippen molar-refractivity contribution in [3.05, 3.63) is 21.1 Å². The van der Waals surface area contributed by atoms with Gasteiger partial charge in [0.25, 0.3) is 0 Å². The van der Waals surface area contributed by atoms with Crippen LogP contribution in [0.3, 0.4) is 0 Å². The van der Waals surface area contributed by atoms with Crippen molar-refractivity contribution in [1.29, 1.82) is 0 Å². The lowest BCUT2D eigenvalue weighted by molar-refractivity contribution is 0.779. The maximum atomic E-state index is 4.48. The second-order valence-corrected chi connectivity index (χ2v) is 7.11. The van der Waals surface area contributed by atoms with Crippen molar-refractivity contribution >= 4 is 27.8 Å². The summed E-state index contributed by atoms with van der Waals surface area (Å²) in [6, 6.07) is 0. The van der Waals surface area contributed by atoms with E-state index in [1.54, 1.807) is 11.3 Å². The highest BCUT2D eigenvalue weighted by atomic mass is 32.1. The van der Waals surface area contributed by atoms with Gasteiger partial charge in [0.2, 0.25) is 5.13 Å². The molecule has 4 nitrogen and oxygen atoms in total. The minimum atomic E-state index is 0.751. The molecule has 0 aromatic carbocycles. The average molecular weight is 294 g/mol. The highest BCUT2D eigenvalue weighted by Gasteiger charge is 2.26. The zero-order valence-corrected chi connectivity index (χ0v) is 12.7. The van der Waals surface area contributed by atoms with E-state index in [1.807, 2.05) is 17.5 Å². The fourth-order valence-corrected chi connectivity index (χ4v) is 3.64. The van der Waals surface area contributed by atoms with E-state index in [2.05, 4.69) is 27.4 Å². The monoisotopic (exact) mass is 294 g/mol. The lowest BCUT2D eigenvalue weighted by atomic mass is 10.3. The van der Waals surface area contributed by atoms with Crippen molar-refractivity contribution in [2.45, 2.75) is 51.5 Å². The van der Waals surface area contributed by atoms with Gasteiger partial charge in [0.15, 0.2) is 0 Å². The van der Waals surface area contributed by atoms with Gasteiger partial charge in [-0.2, -0.15) is 0 Å². The second kappa shape index (κ2) is 5.96. The fraction of sp³-hybridized carbons (Fsp3) is 0.615. The van der Waals surface area contributed by atoms with E-state index in [0.717, 1.165) is 29.0 Å². The summed E-state index contributed by atoms with van der Waals surface area (Å²) in [5.41, 5.74) is 0. The number of anilines is 1. The summed E-state index contributed by atoms with van der Waals surface area (Å²) in [5.74, 6) is 0.751. The number of thiazole rings is 1. The van der Waals surface area contributed by atoms with Gasteiger partial charge in [0.05, 0.1) is 11.6 Å². The summed E-state index contributed by atoms with van der Waals surface area (Å²) in [7, 11) is 0. The van der Waals surface area contributed by atoms with Crippen LogP contribution >= 0.6 is 22.7 Å². The molecule has 6 heteroatoms. The van der Waals surface area contributed by atoms with Gasteiger partial charge in [-0.15, -0.1) is 21.5 Å². The largest absolute Gasteiger partial charge is 0.355 e. The number of rotatable bonds is 7. The standard InChI is InChI=1S/C13H18N4S2/c1-2-3-4-11-16-17-13(19-11)15-8-10-7-14-12(18-10)9-5-6-9/h7,9H,2-6,8H2,1H3,(H,15,17). The minimum absolute atomic E-state index is 0.751. The molecule has 2 heterocycles. The Morgan fingerprint density at radius 1 is 1.32 bits per heavy atom. The molecule has 0 saturated heterocycles. The van der Waals surface area contributed by atoms with Gasteiger partial charge in [0.1, 0.15) is 5.01 Å². The first-order chi connectivity index (χ1) is 9.35. The number of aromatic nitrogens is 3. The zero-order chi connectivity index (χ0) is 13.1. The molecule has 102 valence electrons. The first kappa shape index (κ1) is 13.0. The maximum absolute atomic E-state index is 4.48. The van der Waals surface area contributed by atoms with Crippen molar-refractivity contribution in [1.82, 2.24) is 15.2 Å². The van der Waals surface area contributed by atoms with Crippen LogP contribution in [0.5, 0.6) is 0 Å². The van der Waals surface area contributed by atoms with Gasteiger partial charge in [-0.1, -0.05) is 24.7 Å². The third-order valence-corrected chi connectivity index (χ3v) is 5.22. The summed E-state index contributed by atoms with van der Waals surface area (Å²) in [5, 5.41) is 15.1. The van der Waals surface area contributed by atoms with E-state index in [-0.39, 0.29) is 0 Å². The van der Waals surface area contributed by atoms with E-state index in [4.69, 9.17) is 0 Å². The highest BCUT2D eigenvalue weighted by molar-refractivity contribution is 7.15. The van der Waals surface area contributed by atoms with E-state index < -0.39 is 0 Å². The number of hydrogen-bond acceptors (Lipinski definition) is 6. The summed E-state index contributed by atoms with van der Waals surface area (Å²) in [6.45, 7) is 3.01. The Bertz CT molecular complexity index is 530. The van der Waals surface area contributed by atoms with Crippen LogP contribution in [-0.2, 0) is 13.0 Å². The molecule has 19 heavy (non-hydrogen) atoms. The van der Waals surface area contributed by atoms with Crippen LogP contribution in [0.2, 0.25) is 0 Å². The molecule has 0 bridgehead atoms. The molecule has 0 amide bonds. The molecule has 1 aliphatic rings. The van der Waals surface area contributed by atoms with E-state index in [9.17, 15) is 0 Å². The summed E-state index contributed by atoms with van der Waals surface area (Å²) in [6.07, 6.45) is 8.06. The lowest BCUT2D eigenvalue weighted by Crippen LogP contribution is -1.96. The number of aryl methyl sites for hydroxylation is 1. The van der Waals surface area contributed by atoms with Gasteiger partial charge in [-0.3, -0.25) is 0 Å². The molecule has 3 rings (SSSR count). The van der Waals surface area contributed by atoms with Crippen LogP contribution in [0.15, 0.2) is 6.20 Å². The van der Waals surface area contributed by atoms with Gasteiger partial charge >= 0.3 is 0 Å². The second-order valence-electron chi connectivity index (χ2n) is 4.90. The van der Waals surface area contributed by atoms with E-state index in [1.165, 1.54) is 35.6 Å². The van der Waals surface area contributed by atoms with E-state index >= 15 is 0 Å². The molecule has 0 radical (unpaired) electrons. The third-order valence-electron chi connectivity index (χ3n) is 3.12. The first-order valence-corrected chi connectivity index (χ1v) is 8.49. The summed E-state index contributed by atoms with van der Waals surface area (Å²) < 4.78 is 0. The van der Waals surface area contributed by atoms with Crippen LogP contribution < -0.4 is 5.32 Å². The molecule has 0 atom stereocenters. The molecule has 2 aromatic heterocycles. The number of unbranched alkanes of at least 4 members (excludes halogenated alkanes) is 1. The van der Waals surface area contributed by atoms with Crippen molar-refractivity contribution < 1.29 is 0 Å². The SMILES string of the molecule is CCCCc1nnc(NCc2cnc(C3CC3)s2)s1. The smallest absolute Gasteiger partial charge is 0.205 e. The third kappa shape index (κ3) is 3.51. The van der Waals surface area contributed by atoms with E-state index in [0.29, 0.717) is 0 Å². The Labute approximate surface area is 121 Å². The molecular weight excluding hydrogens is 276 g/mol. The molecule has 1 fully saturated rings. The summed E-state index contributed by atoms with van der Waals surface area (Å²) >= 11 is 3.49. The minimum Gasteiger partial charge on any atom is -0.355 e. The van der Waals surface area contributed by atoms with Crippen LogP contribution in [0, 0.1) is 0 Å². The maximum Gasteiger partial charge on any atom is 0.205 e. The quantitative estimate of drug-likeness (QED) is 0.843. The van der Waals surface area contributed by atoms with Gasteiger partial charge in [0, 0.05) is 23.4 Å². The van der Waals surface area contributed by atoms with Crippen LogP contribution in [0.1, 0.15) is 53.4 Å². The Balaban J connectivity index is 1.51. The zero-order valence-electron chi connectivity index (χ0n) is 11.1. The molecule has 0 spiro atoms. The molecule has 1 aliphatic carbocycles. The summed E-state index contributed by atoms with van der Waals surface area (Å²) in [4.78, 5) is 5.77. The topological polar surface area (TPSA) is 50.7 Å². The normalized spacial score (nSPS) is 14.8. The first-order valence-electron chi connectivity index (χ1n) is 6.86. The van der Waals surface area contributed by atoms with Crippen molar-refractivity contribution in [3.8, 4) is 0 Å². The van der Waals surface area contributed by atoms with Crippen LogP contribution in [-0.4, -0.2) is 15.2 Å².